The van der Waals surface area contributed by atoms with Crippen LogP contribution in [0.4, 0.5) is 11.4 Å². The van der Waals surface area contributed by atoms with Crippen molar-refractivity contribution < 1.29 is 23.9 Å². The van der Waals surface area contributed by atoms with Gasteiger partial charge in [0, 0.05) is 30.4 Å². The van der Waals surface area contributed by atoms with Gasteiger partial charge in [-0.05, 0) is 31.2 Å². The summed E-state index contributed by atoms with van der Waals surface area (Å²) in [5.74, 6) is -2.61. The average Bonchev–Trinajstić information content (AvgIpc) is 2.54. The van der Waals surface area contributed by atoms with Gasteiger partial charge in [-0.15, -0.1) is 0 Å². The van der Waals surface area contributed by atoms with Gasteiger partial charge in [-0.25, -0.2) is 4.79 Å². The Labute approximate surface area is 144 Å². The molecule has 1 aromatic carbocycles. The fourth-order valence-corrected chi connectivity index (χ4v) is 2.57. The van der Waals surface area contributed by atoms with E-state index in [0.29, 0.717) is 17.1 Å². The molecule has 0 aliphatic carbocycles. The van der Waals surface area contributed by atoms with Crippen LogP contribution in [-0.4, -0.2) is 30.8 Å². The van der Waals surface area contributed by atoms with Gasteiger partial charge in [0.15, 0.2) is 0 Å². The molecule has 0 saturated carbocycles. The second-order valence-corrected chi connectivity index (χ2v) is 5.58. The van der Waals surface area contributed by atoms with E-state index in [-0.39, 0.29) is 23.8 Å². The maximum atomic E-state index is 12.5. The minimum Gasteiger partial charge on any atom is -0.466 e. The highest BCUT2D eigenvalue weighted by Crippen LogP contribution is 2.26. The molecule has 1 heterocycles. The first-order chi connectivity index (χ1) is 11.8. The molecule has 25 heavy (non-hydrogen) atoms. The molecule has 0 aromatic heterocycles. The van der Waals surface area contributed by atoms with Crippen LogP contribution >= 0.6 is 0 Å². The number of hydrogen-bond acceptors (Lipinski definition) is 5. The Bertz CT molecular complexity index is 752. The van der Waals surface area contributed by atoms with Gasteiger partial charge in [0.05, 0.1) is 18.6 Å². The van der Waals surface area contributed by atoms with Crippen LogP contribution in [0.5, 0.6) is 0 Å². The first kappa shape index (κ1) is 18.2. The molecule has 0 bridgehead atoms. The highest BCUT2D eigenvalue weighted by Gasteiger charge is 2.36. The van der Waals surface area contributed by atoms with E-state index in [1.807, 2.05) is 0 Å². The molecule has 0 fully saturated rings. The van der Waals surface area contributed by atoms with Gasteiger partial charge >= 0.3 is 5.97 Å². The normalized spacial score (nSPS) is 16.8. The van der Waals surface area contributed by atoms with Crippen LogP contribution in [0.15, 0.2) is 35.5 Å². The number of nitrogens with one attached hydrogen (secondary N) is 3. The molecular formula is C17H19N3O5. The van der Waals surface area contributed by atoms with E-state index in [0.717, 1.165) is 0 Å². The van der Waals surface area contributed by atoms with E-state index < -0.39 is 17.8 Å². The zero-order chi connectivity index (χ0) is 18.6. The zero-order valence-electron chi connectivity index (χ0n) is 14.1. The number of anilines is 2. The lowest BCUT2D eigenvalue weighted by Gasteiger charge is -2.25. The van der Waals surface area contributed by atoms with Crippen LogP contribution in [-0.2, 0) is 23.9 Å². The SMILES string of the molecule is COC(=O)C1=C(C)NC(=O)C[C@@H]1C(=O)Nc1ccc(NC(C)=O)cc1. The van der Waals surface area contributed by atoms with Crippen LogP contribution in [0.25, 0.3) is 0 Å². The predicted octanol–water partition coefficient (Wildman–Crippen LogP) is 1.17. The van der Waals surface area contributed by atoms with Crippen LogP contribution in [0.1, 0.15) is 20.3 Å². The number of carbonyl (C=O) groups excluding carboxylic acids is 4. The van der Waals surface area contributed by atoms with Crippen molar-refractivity contribution in [3.8, 4) is 0 Å². The Morgan fingerprint density at radius 2 is 1.68 bits per heavy atom. The lowest BCUT2D eigenvalue weighted by molar-refractivity contribution is -0.139. The van der Waals surface area contributed by atoms with Crippen molar-refractivity contribution in [3.05, 3.63) is 35.5 Å². The van der Waals surface area contributed by atoms with E-state index in [2.05, 4.69) is 16.0 Å². The Morgan fingerprint density at radius 1 is 1.12 bits per heavy atom. The Balaban J connectivity index is 2.18. The third kappa shape index (κ3) is 4.43. The quantitative estimate of drug-likeness (QED) is 0.709. The Kier molecular flexibility index (Phi) is 5.53. The number of methoxy groups -OCH3 is 1. The van der Waals surface area contributed by atoms with Crippen LogP contribution in [0.3, 0.4) is 0 Å². The summed E-state index contributed by atoms with van der Waals surface area (Å²) in [5, 5.41) is 7.82. The highest BCUT2D eigenvalue weighted by molar-refractivity contribution is 6.06. The topological polar surface area (TPSA) is 114 Å². The van der Waals surface area contributed by atoms with Crippen molar-refractivity contribution in [2.45, 2.75) is 20.3 Å². The number of allylic oxidation sites excluding steroid dienone is 1. The number of carbonyl (C=O) groups is 4. The molecule has 0 unspecified atom stereocenters. The van der Waals surface area contributed by atoms with Crippen molar-refractivity contribution in [1.82, 2.24) is 5.32 Å². The average molecular weight is 345 g/mol. The largest absolute Gasteiger partial charge is 0.466 e. The van der Waals surface area contributed by atoms with E-state index in [4.69, 9.17) is 4.74 Å². The molecule has 1 atom stereocenters. The first-order valence-electron chi connectivity index (χ1n) is 7.59. The standard InChI is InChI=1S/C17H19N3O5/c1-9-15(17(24)25-3)13(8-14(22)18-9)16(23)20-12-6-4-11(5-7-12)19-10(2)21/h4-7,13H,8H2,1-3H3,(H,18,22)(H,19,21)(H,20,23)/t13-/m0/s1. The summed E-state index contributed by atoms with van der Waals surface area (Å²) in [4.78, 5) is 47.2. The van der Waals surface area contributed by atoms with E-state index in [1.165, 1.54) is 14.0 Å². The van der Waals surface area contributed by atoms with E-state index >= 15 is 0 Å². The molecule has 1 aromatic rings. The minimum absolute atomic E-state index is 0.134. The van der Waals surface area contributed by atoms with Gasteiger partial charge in [-0.1, -0.05) is 0 Å². The molecule has 132 valence electrons. The van der Waals surface area contributed by atoms with Crippen molar-refractivity contribution in [2.75, 3.05) is 17.7 Å². The van der Waals surface area contributed by atoms with Gasteiger partial charge < -0.3 is 20.7 Å². The molecule has 8 heteroatoms. The predicted molar refractivity (Wildman–Crippen MR) is 90.3 cm³/mol. The van der Waals surface area contributed by atoms with Crippen molar-refractivity contribution in [1.29, 1.82) is 0 Å². The molecule has 3 N–H and O–H groups in total. The monoisotopic (exact) mass is 345 g/mol. The molecule has 1 aliphatic rings. The fraction of sp³-hybridized carbons (Fsp3) is 0.294. The number of esters is 1. The van der Waals surface area contributed by atoms with E-state index in [9.17, 15) is 19.2 Å². The molecule has 0 radical (unpaired) electrons. The Hall–Kier alpha value is -3.16. The van der Waals surface area contributed by atoms with Crippen LogP contribution < -0.4 is 16.0 Å². The number of ether oxygens (including phenoxy) is 1. The molecule has 1 aliphatic heterocycles. The first-order valence-corrected chi connectivity index (χ1v) is 7.59. The number of hydrogen-bond donors (Lipinski definition) is 3. The minimum atomic E-state index is -0.934. The van der Waals surface area contributed by atoms with Gasteiger partial charge in [0.2, 0.25) is 17.7 Å². The van der Waals surface area contributed by atoms with Crippen molar-refractivity contribution in [3.63, 3.8) is 0 Å². The molecule has 3 amide bonds. The zero-order valence-corrected chi connectivity index (χ0v) is 14.1. The third-order valence-corrected chi connectivity index (χ3v) is 3.66. The smallest absolute Gasteiger partial charge is 0.336 e. The van der Waals surface area contributed by atoms with Gasteiger partial charge in [-0.3, -0.25) is 14.4 Å². The molecular weight excluding hydrogens is 326 g/mol. The second kappa shape index (κ2) is 7.61. The molecule has 2 rings (SSSR count). The van der Waals surface area contributed by atoms with E-state index in [1.54, 1.807) is 31.2 Å². The second-order valence-electron chi connectivity index (χ2n) is 5.58. The fourth-order valence-electron chi connectivity index (χ4n) is 2.57. The maximum Gasteiger partial charge on any atom is 0.336 e. The summed E-state index contributed by atoms with van der Waals surface area (Å²) in [6, 6.07) is 6.49. The van der Waals surface area contributed by atoms with Crippen molar-refractivity contribution in [2.24, 2.45) is 5.92 Å². The maximum absolute atomic E-state index is 12.5. The lowest BCUT2D eigenvalue weighted by Crippen LogP contribution is -2.40. The summed E-state index contributed by atoms with van der Waals surface area (Å²) in [7, 11) is 1.22. The number of benzene rings is 1. The van der Waals surface area contributed by atoms with Crippen LogP contribution in [0.2, 0.25) is 0 Å². The number of rotatable bonds is 4. The Morgan fingerprint density at radius 3 is 2.20 bits per heavy atom. The molecule has 8 nitrogen and oxygen atoms in total. The van der Waals surface area contributed by atoms with Gasteiger partial charge in [0.25, 0.3) is 0 Å². The summed E-state index contributed by atoms with van der Waals surface area (Å²) in [5.41, 5.74) is 1.51. The lowest BCUT2D eigenvalue weighted by atomic mass is 9.89. The number of amides is 3. The molecule has 0 spiro atoms. The summed E-state index contributed by atoms with van der Waals surface area (Å²) >= 11 is 0. The highest BCUT2D eigenvalue weighted by atomic mass is 16.5. The van der Waals surface area contributed by atoms with Gasteiger partial charge in [-0.2, -0.15) is 0 Å². The van der Waals surface area contributed by atoms with Gasteiger partial charge in [0.1, 0.15) is 0 Å². The summed E-state index contributed by atoms with van der Waals surface area (Å²) in [6.07, 6.45) is -0.141. The molecule has 0 saturated heterocycles. The third-order valence-electron chi connectivity index (χ3n) is 3.66. The van der Waals surface area contributed by atoms with Crippen LogP contribution in [0, 0.1) is 5.92 Å². The summed E-state index contributed by atoms with van der Waals surface area (Å²) < 4.78 is 4.71. The van der Waals surface area contributed by atoms with Crippen molar-refractivity contribution >= 4 is 35.1 Å². The summed E-state index contributed by atoms with van der Waals surface area (Å²) in [6.45, 7) is 2.94.